The van der Waals surface area contributed by atoms with Crippen LogP contribution >= 0.6 is 11.8 Å². The third-order valence-electron chi connectivity index (χ3n) is 8.61. The Morgan fingerprint density at radius 2 is 1.46 bits per heavy atom. The number of para-hydroxylation sites is 1. The van der Waals surface area contributed by atoms with Crippen LogP contribution in [0.25, 0.3) is 11.1 Å². The number of hydrogen-bond donors (Lipinski definition) is 2. The average molecular weight is 682 g/mol. The molecule has 5 aromatic rings. The van der Waals surface area contributed by atoms with E-state index in [4.69, 9.17) is 14.2 Å². The number of sulfonamides is 1. The van der Waals surface area contributed by atoms with Crippen molar-refractivity contribution in [3.05, 3.63) is 150 Å². The first kappa shape index (κ1) is 33.9. The van der Waals surface area contributed by atoms with Crippen LogP contribution < -0.4 is 9.46 Å². The summed E-state index contributed by atoms with van der Waals surface area (Å²) < 4.78 is 47.4. The molecule has 1 aliphatic heterocycles. The molecule has 7 nitrogen and oxygen atoms in total. The normalized spacial score (nSPS) is 19.6. The van der Waals surface area contributed by atoms with Crippen LogP contribution in [0.1, 0.15) is 41.6 Å². The molecule has 1 fully saturated rings. The summed E-state index contributed by atoms with van der Waals surface area (Å²) in [7, 11) is -1.97. The van der Waals surface area contributed by atoms with Crippen molar-refractivity contribution in [1.82, 2.24) is 4.72 Å². The molecule has 48 heavy (non-hydrogen) atoms. The van der Waals surface area contributed by atoms with Crippen LogP contribution in [-0.4, -0.2) is 32.5 Å². The van der Waals surface area contributed by atoms with Gasteiger partial charge < -0.3 is 19.3 Å². The predicted molar refractivity (Wildman–Crippen MR) is 189 cm³/mol. The van der Waals surface area contributed by atoms with Gasteiger partial charge in [0, 0.05) is 28.7 Å². The molecule has 0 aliphatic carbocycles. The van der Waals surface area contributed by atoms with E-state index in [0.29, 0.717) is 5.75 Å². The zero-order valence-corrected chi connectivity index (χ0v) is 28.5. The second-order valence-electron chi connectivity index (χ2n) is 11.7. The summed E-state index contributed by atoms with van der Waals surface area (Å²) in [6, 6.07) is 40.1. The van der Waals surface area contributed by atoms with Gasteiger partial charge in [-0.3, -0.25) is 0 Å². The minimum Gasteiger partial charge on any atom is -0.496 e. The van der Waals surface area contributed by atoms with Gasteiger partial charge in [0.2, 0.25) is 10.0 Å². The molecular weight excluding hydrogens is 643 g/mol. The molecule has 0 radical (unpaired) electrons. The first-order valence-electron chi connectivity index (χ1n) is 15.9. The van der Waals surface area contributed by atoms with Crippen molar-refractivity contribution in [3.8, 4) is 16.9 Å². The molecule has 6 rings (SSSR count). The van der Waals surface area contributed by atoms with Crippen molar-refractivity contribution in [2.75, 3.05) is 12.9 Å². The molecule has 4 unspecified atom stereocenters. The highest BCUT2D eigenvalue weighted by molar-refractivity contribution is 7.99. The van der Waals surface area contributed by atoms with E-state index in [1.807, 2.05) is 91.0 Å². The fraction of sp³-hybridized carbons (Fsp3) is 0.231. The van der Waals surface area contributed by atoms with Crippen molar-refractivity contribution >= 4 is 21.8 Å². The smallest absolute Gasteiger partial charge is 0.240 e. The Bertz CT molecular complexity index is 1900. The highest BCUT2D eigenvalue weighted by atomic mass is 32.2. The lowest BCUT2D eigenvalue weighted by molar-refractivity contribution is -0.268. The summed E-state index contributed by atoms with van der Waals surface area (Å²) in [5.74, 6) is 1.59. The van der Waals surface area contributed by atoms with E-state index in [-0.39, 0.29) is 36.2 Å². The summed E-state index contributed by atoms with van der Waals surface area (Å²) in [6.45, 7) is 2.30. The number of aliphatic hydroxyl groups is 1. The molecule has 0 aromatic heterocycles. The number of benzene rings is 5. The summed E-state index contributed by atoms with van der Waals surface area (Å²) in [5, 5.41) is 9.58. The first-order valence-corrected chi connectivity index (χ1v) is 18.3. The van der Waals surface area contributed by atoms with Gasteiger partial charge in [-0.25, -0.2) is 13.1 Å². The van der Waals surface area contributed by atoms with Gasteiger partial charge in [0.25, 0.3) is 0 Å². The molecule has 248 valence electrons. The van der Waals surface area contributed by atoms with Crippen LogP contribution in [0.4, 0.5) is 0 Å². The maximum Gasteiger partial charge on any atom is 0.240 e. The summed E-state index contributed by atoms with van der Waals surface area (Å²) >= 11 is 1.70. The van der Waals surface area contributed by atoms with E-state index in [1.54, 1.807) is 49.2 Å². The molecule has 0 spiro atoms. The SMILES string of the molecule is COc1ccccc1SCC1OC(c2ccc(-c3ccccc3CNS(=O)(=O)c3ccccc3)cc2)OC(c2ccc(CO)cc2)C1C. The van der Waals surface area contributed by atoms with E-state index in [0.717, 1.165) is 44.0 Å². The molecule has 4 atom stereocenters. The number of aliphatic hydroxyl groups excluding tert-OH is 1. The Hall–Kier alpha value is -3.96. The van der Waals surface area contributed by atoms with Crippen molar-refractivity contribution < 1.29 is 27.7 Å². The van der Waals surface area contributed by atoms with Crippen LogP contribution in [0.15, 0.2) is 137 Å². The molecule has 2 N–H and O–H groups in total. The molecule has 0 saturated carbocycles. The average Bonchev–Trinajstić information content (AvgIpc) is 3.14. The number of rotatable bonds is 12. The maximum absolute atomic E-state index is 12.9. The number of hydrogen-bond acceptors (Lipinski definition) is 7. The second kappa shape index (κ2) is 15.5. The summed E-state index contributed by atoms with van der Waals surface area (Å²) in [5.41, 5.74) is 5.52. The molecule has 9 heteroatoms. The second-order valence-corrected chi connectivity index (χ2v) is 14.5. The largest absolute Gasteiger partial charge is 0.496 e. The molecule has 5 aromatic carbocycles. The molecule has 1 saturated heterocycles. The number of ether oxygens (including phenoxy) is 3. The molecular formula is C39H39NO6S2. The Balaban J connectivity index is 1.23. The minimum absolute atomic E-state index is 0.0142. The van der Waals surface area contributed by atoms with Gasteiger partial charge in [-0.05, 0) is 52.1 Å². The van der Waals surface area contributed by atoms with Crippen LogP contribution in [0.2, 0.25) is 0 Å². The number of nitrogens with one attached hydrogen (secondary N) is 1. The Kier molecular flexibility index (Phi) is 11.0. The van der Waals surface area contributed by atoms with E-state index >= 15 is 0 Å². The van der Waals surface area contributed by atoms with Crippen molar-refractivity contribution in [2.45, 2.75) is 48.4 Å². The van der Waals surface area contributed by atoms with Crippen molar-refractivity contribution in [1.29, 1.82) is 0 Å². The fourth-order valence-corrected chi connectivity index (χ4v) is 8.07. The zero-order chi connectivity index (χ0) is 33.5. The minimum atomic E-state index is -3.65. The zero-order valence-electron chi connectivity index (χ0n) is 26.9. The van der Waals surface area contributed by atoms with Gasteiger partial charge in [-0.15, -0.1) is 11.8 Å². The molecule has 1 aliphatic rings. The van der Waals surface area contributed by atoms with Crippen molar-refractivity contribution in [2.24, 2.45) is 5.92 Å². The van der Waals surface area contributed by atoms with Gasteiger partial charge in [0.05, 0.1) is 30.8 Å². The summed E-state index contributed by atoms with van der Waals surface area (Å²) in [6.07, 6.45) is -0.953. The monoisotopic (exact) mass is 681 g/mol. The van der Waals surface area contributed by atoms with Gasteiger partial charge in [-0.1, -0.05) is 110 Å². The summed E-state index contributed by atoms with van der Waals surface area (Å²) in [4.78, 5) is 1.28. The van der Waals surface area contributed by atoms with Crippen LogP contribution in [-0.2, 0) is 32.6 Å². The topological polar surface area (TPSA) is 94.1 Å². The maximum atomic E-state index is 12.9. The lowest BCUT2D eigenvalue weighted by Crippen LogP contribution is -2.38. The third-order valence-corrected chi connectivity index (χ3v) is 11.2. The molecule has 1 heterocycles. The van der Waals surface area contributed by atoms with E-state index in [2.05, 4.69) is 17.7 Å². The van der Waals surface area contributed by atoms with Gasteiger partial charge in [0.15, 0.2) is 6.29 Å². The van der Waals surface area contributed by atoms with Gasteiger partial charge >= 0.3 is 0 Å². The molecule has 0 amide bonds. The Morgan fingerprint density at radius 1 is 0.792 bits per heavy atom. The Labute approximate surface area is 287 Å². The lowest BCUT2D eigenvalue weighted by Gasteiger charge is -2.41. The van der Waals surface area contributed by atoms with Crippen molar-refractivity contribution in [3.63, 3.8) is 0 Å². The van der Waals surface area contributed by atoms with Crippen LogP contribution in [0.3, 0.4) is 0 Å². The molecule has 0 bridgehead atoms. The highest BCUT2D eigenvalue weighted by Crippen LogP contribution is 2.44. The third kappa shape index (κ3) is 7.84. The van der Waals surface area contributed by atoms with E-state index in [1.165, 1.54) is 0 Å². The Morgan fingerprint density at radius 3 is 2.19 bits per heavy atom. The standard InChI is InChI=1S/C39H39NO6S2/c1-27-36(26-47-37-15-9-8-14-35(37)44-2)45-39(46-38(27)30-18-16-28(25-41)17-19-30)31-22-20-29(21-23-31)34-13-7-6-10-32(34)24-40-48(42,43)33-11-4-3-5-12-33/h3-23,27,36,38-41H,24-26H2,1-2H3. The number of methoxy groups -OCH3 is 1. The fourth-order valence-electron chi connectivity index (χ4n) is 5.85. The lowest BCUT2D eigenvalue weighted by atomic mass is 9.91. The quantitative estimate of drug-likeness (QED) is 0.129. The van der Waals surface area contributed by atoms with Crippen LogP contribution in [0.5, 0.6) is 5.75 Å². The van der Waals surface area contributed by atoms with E-state index < -0.39 is 16.3 Å². The first-order chi connectivity index (χ1) is 23.4. The van der Waals surface area contributed by atoms with Crippen LogP contribution in [0, 0.1) is 5.92 Å². The highest BCUT2D eigenvalue weighted by Gasteiger charge is 2.38. The van der Waals surface area contributed by atoms with Gasteiger partial charge in [-0.2, -0.15) is 0 Å². The van der Waals surface area contributed by atoms with E-state index in [9.17, 15) is 13.5 Å². The van der Waals surface area contributed by atoms with Gasteiger partial charge in [0.1, 0.15) is 5.75 Å². The predicted octanol–water partition coefficient (Wildman–Crippen LogP) is 7.92. The number of thioether (sulfide) groups is 1.